The molecular weight excluding hydrogens is 306 g/mol. The lowest BCUT2D eigenvalue weighted by Gasteiger charge is -2.43. The zero-order valence-corrected chi connectivity index (χ0v) is 14.9. The van der Waals surface area contributed by atoms with Gasteiger partial charge in [0, 0.05) is 17.5 Å². The maximum atomic E-state index is 13.0. The minimum absolute atomic E-state index is 0.226. The summed E-state index contributed by atoms with van der Waals surface area (Å²) in [6, 6.07) is 5.97. The van der Waals surface area contributed by atoms with E-state index in [0.29, 0.717) is 18.1 Å². The number of hydrogen-bond acceptors (Lipinski definition) is 2. The highest BCUT2D eigenvalue weighted by Crippen LogP contribution is 2.66. The number of hydrogen-bond donors (Lipinski definition) is 0. The zero-order valence-electron chi connectivity index (χ0n) is 14.9. The van der Waals surface area contributed by atoms with Gasteiger partial charge >= 0.3 is 0 Å². The summed E-state index contributed by atoms with van der Waals surface area (Å²) in [6.07, 6.45) is 18.6. The summed E-state index contributed by atoms with van der Waals surface area (Å²) in [6.45, 7) is 0. The average Bonchev–Trinajstić information content (AvgIpc) is 3.07. The molecule has 126 valence electrons. The summed E-state index contributed by atoms with van der Waals surface area (Å²) < 4.78 is 0. The number of rotatable bonds is 2. The van der Waals surface area contributed by atoms with E-state index in [-0.39, 0.29) is 11.0 Å². The highest BCUT2D eigenvalue weighted by Gasteiger charge is 2.68. The van der Waals surface area contributed by atoms with Crippen LogP contribution in [0.3, 0.4) is 0 Å². The molecule has 2 nitrogen and oxygen atoms in total. The number of Topliss-reactive ketones (excluding diaryl/α,β-unsaturated/α-hetero) is 1. The SMILES string of the molecule is C#Cc1cc(C#C)cc(C2=C[C@]34CCCC[C@H]3[C@@]2(N(C)C)CC4=O)c1. The molecule has 2 saturated carbocycles. The molecule has 3 aliphatic rings. The summed E-state index contributed by atoms with van der Waals surface area (Å²) in [7, 11) is 4.20. The normalized spacial score (nSPS) is 32.9. The Kier molecular flexibility index (Phi) is 3.47. The van der Waals surface area contributed by atoms with Crippen LogP contribution in [0.2, 0.25) is 0 Å². The lowest BCUT2D eigenvalue weighted by molar-refractivity contribution is -0.125. The molecule has 0 radical (unpaired) electrons. The fourth-order valence-corrected chi connectivity index (χ4v) is 5.64. The van der Waals surface area contributed by atoms with E-state index in [1.165, 1.54) is 12.0 Å². The molecule has 2 bridgehead atoms. The molecule has 0 aromatic heterocycles. The van der Waals surface area contributed by atoms with Crippen LogP contribution in [-0.4, -0.2) is 30.3 Å². The lowest BCUT2D eigenvalue weighted by Crippen LogP contribution is -2.48. The standard InChI is InChI=1S/C23H23NO/c1-5-16-11-17(6-2)13-18(12-16)19-14-22-10-8-7-9-20(22)23(19,24(3)4)15-21(22)25/h1-2,11-14,20H,7-10,15H2,3-4H3/t20-,22-,23-/m1/s1. The van der Waals surface area contributed by atoms with Crippen LogP contribution in [-0.2, 0) is 4.79 Å². The van der Waals surface area contributed by atoms with Gasteiger partial charge in [-0.15, -0.1) is 12.8 Å². The molecule has 3 atom stereocenters. The van der Waals surface area contributed by atoms with Gasteiger partial charge in [0.1, 0.15) is 5.78 Å². The van der Waals surface area contributed by atoms with Gasteiger partial charge in [0.15, 0.2) is 0 Å². The number of terminal acetylenes is 2. The van der Waals surface area contributed by atoms with Crippen LogP contribution in [0.15, 0.2) is 24.3 Å². The van der Waals surface area contributed by atoms with E-state index in [2.05, 4.69) is 36.9 Å². The fraction of sp³-hybridized carbons (Fsp3) is 0.435. The number of carbonyl (C=O) groups is 1. The summed E-state index contributed by atoms with van der Waals surface area (Å²) in [5.74, 6) is 6.22. The van der Waals surface area contributed by atoms with E-state index in [9.17, 15) is 4.79 Å². The number of nitrogens with zero attached hydrogens (tertiary/aromatic N) is 1. The summed E-state index contributed by atoms with van der Waals surface area (Å²) in [5.41, 5.74) is 3.43. The third kappa shape index (κ3) is 1.95. The largest absolute Gasteiger partial charge is 0.299 e. The van der Waals surface area contributed by atoms with Crippen LogP contribution in [0.25, 0.3) is 5.57 Å². The van der Waals surface area contributed by atoms with Crippen molar-refractivity contribution in [3.05, 3.63) is 41.0 Å². The topological polar surface area (TPSA) is 20.3 Å². The molecular formula is C23H23NO. The van der Waals surface area contributed by atoms with Crippen molar-refractivity contribution in [2.24, 2.45) is 11.3 Å². The van der Waals surface area contributed by atoms with E-state index in [1.54, 1.807) is 0 Å². The molecule has 2 fully saturated rings. The smallest absolute Gasteiger partial charge is 0.145 e. The summed E-state index contributed by atoms with van der Waals surface area (Å²) in [5, 5.41) is 0. The number of benzene rings is 1. The van der Waals surface area contributed by atoms with Crippen molar-refractivity contribution in [1.29, 1.82) is 0 Å². The number of ketones is 1. The van der Waals surface area contributed by atoms with Crippen LogP contribution >= 0.6 is 0 Å². The number of carbonyl (C=O) groups excluding carboxylic acids is 1. The van der Waals surface area contributed by atoms with Crippen molar-refractivity contribution in [3.8, 4) is 24.7 Å². The van der Waals surface area contributed by atoms with Gasteiger partial charge in [0.2, 0.25) is 0 Å². The second-order valence-corrected chi connectivity index (χ2v) is 7.90. The third-order valence-electron chi connectivity index (χ3n) is 6.72. The minimum atomic E-state index is -0.277. The lowest BCUT2D eigenvalue weighted by atomic mass is 9.68. The number of allylic oxidation sites excluding steroid dienone is 1. The van der Waals surface area contributed by atoms with Crippen molar-refractivity contribution >= 4 is 11.4 Å². The van der Waals surface area contributed by atoms with E-state index < -0.39 is 0 Å². The van der Waals surface area contributed by atoms with E-state index in [4.69, 9.17) is 12.8 Å². The molecule has 0 aliphatic heterocycles. The Labute approximate surface area is 150 Å². The molecule has 1 aromatic rings. The van der Waals surface area contributed by atoms with E-state index >= 15 is 0 Å². The molecule has 25 heavy (non-hydrogen) atoms. The minimum Gasteiger partial charge on any atom is -0.299 e. The van der Waals surface area contributed by atoms with Crippen LogP contribution in [0, 0.1) is 36.0 Å². The van der Waals surface area contributed by atoms with Gasteiger partial charge in [-0.3, -0.25) is 9.69 Å². The first kappa shape index (κ1) is 16.2. The van der Waals surface area contributed by atoms with E-state index in [0.717, 1.165) is 36.0 Å². The van der Waals surface area contributed by atoms with Gasteiger partial charge in [-0.2, -0.15) is 0 Å². The molecule has 2 heteroatoms. The second-order valence-electron chi connectivity index (χ2n) is 7.90. The van der Waals surface area contributed by atoms with Gasteiger partial charge in [-0.05, 0) is 62.2 Å². The second kappa shape index (κ2) is 5.35. The van der Waals surface area contributed by atoms with Gasteiger partial charge in [-0.1, -0.05) is 30.8 Å². The molecule has 0 heterocycles. The first-order valence-corrected chi connectivity index (χ1v) is 9.01. The fourth-order valence-electron chi connectivity index (χ4n) is 5.64. The molecule has 0 unspecified atom stereocenters. The molecule has 0 spiro atoms. The van der Waals surface area contributed by atoms with Crippen molar-refractivity contribution in [2.75, 3.05) is 14.1 Å². The predicted octanol–water partition coefficient (Wildman–Crippen LogP) is 3.50. The molecule has 3 aliphatic carbocycles. The average molecular weight is 329 g/mol. The Balaban J connectivity index is 1.95. The maximum absolute atomic E-state index is 13.0. The molecule has 1 aromatic carbocycles. The van der Waals surface area contributed by atoms with Crippen LogP contribution < -0.4 is 0 Å². The molecule has 0 amide bonds. The van der Waals surface area contributed by atoms with Crippen LogP contribution in [0.5, 0.6) is 0 Å². The Bertz CT molecular complexity index is 846. The predicted molar refractivity (Wildman–Crippen MR) is 101 cm³/mol. The first-order valence-electron chi connectivity index (χ1n) is 9.01. The Hall–Kier alpha value is -2.29. The van der Waals surface area contributed by atoms with Crippen molar-refractivity contribution in [2.45, 2.75) is 37.6 Å². The molecule has 4 rings (SSSR count). The van der Waals surface area contributed by atoms with Crippen molar-refractivity contribution in [3.63, 3.8) is 0 Å². The maximum Gasteiger partial charge on any atom is 0.145 e. The Morgan fingerprint density at radius 3 is 2.40 bits per heavy atom. The highest BCUT2D eigenvalue weighted by molar-refractivity contribution is 6.02. The van der Waals surface area contributed by atoms with E-state index in [1.807, 2.05) is 18.2 Å². The first-order chi connectivity index (χ1) is 12.0. The van der Waals surface area contributed by atoms with Crippen LogP contribution in [0.1, 0.15) is 48.8 Å². The Morgan fingerprint density at radius 2 is 1.80 bits per heavy atom. The number of likely N-dealkylation sites (N-methyl/N-ethyl adjacent to an activating group) is 1. The van der Waals surface area contributed by atoms with Gasteiger partial charge in [0.05, 0.1) is 11.0 Å². The molecule has 0 N–H and O–H groups in total. The highest BCUT2D eigenvalue weighted by atomic mass is 16.1. The van der Waals surface area contributed by atoms with Gasteiger partial charge in [-0.25, -0.2) is 0 Å². The van der Waals surface area contributed by atoms with Gasteiger partial charge < -0.3 is 0 Å². The van der Waals surface area contributed by atoms with Crippen molar-refractivity contribution < 1.29 is 4.79 Å². The summed E-state index contributed by atoms with van der Waals surface area (Å²) in [4.78, 5) is 15.3. The van der Waals surface area contributed by atoms with Gasteiger partial charge in [0.25, 0.3) is 0 Å². The van der Waals surface area contributed by atoms with Crippen molar-refractivity contribution in [1.82, 2.24) is 4.90 Å². The summed E-state index contributed by atoms with van der Waals surface area (Å²) >= 11 is 0. The third-order valence-corrected chi connectivity index (χ3v) is 6.72. The quantitative estimate of drug-likeness (QED) is 0.774. The Morgan fingerprint density at radius 1 is 1.12 bits per heavy atom. The van der Waals surface area contributed by atoms with Crippen LogP contribution in [0.4, 0.5) is 0 Å². The monoisotopic (exact) mass is 329 g/mol. The zero-order chi connectivity index (χ0) is 17.8. The molecule has 0 saturated heterocycles.